The number of amides is 1. The summed E-state index contributed by atoms with van der Waals surface area (Å²) >= 11 is 0. The van der Waals surface area contributed by atoms with Gasteiger partial charge in [0.15, 0.2) is 0 Å². The van der Waals surface area contributed by atoms with E-state index < -0.39 is 0 Å². The summed E-state index contributed by atoms with van der Waals surface area (Å²) in [5, 5.41) is 3.84. The number of nitrogens with zero attached hydrogens (tertiary/aromatic N) is 3. The van der Waals surface area contributed by atoms with Gasteiger partial charge in [-0.2, -0.15) is 0 Å². The first-order chi connectivity index (χ1) is 17.8. The first-order valence-electron chi connectivity index (χ1n) is 12.7. The van der Waals surface area contributed by atoms with Crippen molar-refractivity contribution in [2.45, 2.75) is 58.7 Å². The standard InChI is InChI=1S/C29H36N4O4/c1-29(2,3)32-28(34)36-16-9-8-15-33-26(14-17-35-4)31-25-19-30-24-18-22(12-13-23(24)27(25)33)37-20-21-10-6-5-7-11-21/h5-7,10-13,18-19H,8-9,14-17,20H2,1-4H3,(H,32,34). The summed E-state index contributed by atoms with van der Waals surface area (Å²) in [6.45, 7) is 8.00. The van der Waals surface area contributed by atoms with Crippen LogP contribution in [0.5, 0.6) is 5.75 Å². The molecule has 0 spiro atoms. The van der Waals surface area contributed by atoms with Gasteiger partial charge in [0.2, 0.25) is 0 Å². The van der Waals surface area contributed by atoms with Gasteiger partial charge >= 0.3 is 6.09 Å². The molecule has 0 atom stereocenters. The molecule has 2 aromatic heterocycles. The minimum Gasteiger partial charge on any atom is -0.489 e. The number of carbonyl (C=O) groups is 1. The van der Waals surface area contributed by atoms with E-state index in [0.717, 1.165) is 58.5 Å². The number of aryl methyl sites for hydroxylation is 1. The third kappa shape index (κ3) is 7.20. The summed E-state index contributed by atoms with van der Waals surface area (Å²) in [6.07, 6.45) is 3.74. The lowest BCUT2D eigenvalue weighted by molar-refractivity contribution is 0.135. The Kier molecular flexibility index (Phi) is 8.61. The second kappa shape index (κ2) is 12.1. The fraction of sp³-hybridized carbons (Fsp3) is 0.414. The predicted octanol–water partition coefficient (Wildman–Crippen LogP) is 5.66. The van der Waals surface area contributed by atoms with Crippen molar-refractivity contribution >= 4 is 28.0 Å². The molecule has 0 aliphatic rings. The number of ether oxygens (including phenoxy) is 3. The van der Waals surface area contributed by atoms with E-state index in [0.29, 0.717) is 26.2 Å². The Hall–Kier alpha value is -3.65. The van der Waals surface area contributed by atoms with Crippen LogP contribution in [0.25, 0.3) is 21.9 Å². The third-order valence-corrected chi connectivity index (χ3v) is 5.89. The summed E-state index contributed by atoms with van der Waals surface area (Å²) in [6, 6.07) is 16.1. The van der Waals surface area contributed by atoms with Crippen LogP contribution in [0.2, 0.25) is 0 Å². The van der Waals surface area contributed by atoms with Crippen molar-refractivity contribution in [2.24, 2.45) is 0 Å². The quantitative estimate of drug-likeness (QED) is 0.265. The summed E-state index contributed by atoms with van der Waals surface area (Å²) in [7, 11) is 1.70. The smallest absolute Gasteiger partial charge is 0.407 e. The number of pyridine rings is 1. The van der Waals surface area contributed by atoms with Gasteiger partial charge < -0.3 is 24.1 Å². The maximum absolute atomic E-state index is 11.9. The molecular formula is C29H36N4O4. The van der Waals surface area contributed by atoms with Gasteiger partial charge in [-0.1, -0.05) is 30.3 Å². The highest BCUT2D eigenvalue weighted by Gasteiger charge is 2.16. The molecule has 196 valence electrons. The molecule has 2 aromatic carbocycles. The van der Waals surface area contributed by atoms with E-state index in [9.17, 15) is 4.79 Å². The van der Waals surface area contributed by atoms with E-state index in [-0.39, 0.29) is 11.6 Å². The van der Waals surface area contributed by atoms with Gasteiger partial charge in [0.25, 0.3) is 0 Å². The van der Waals surface area contributed by atoms with Crippen molar-refractivity contribution in [3.8, 4) is 5.75 Å². The van der Waals surface area contributed by atoms with Crippen LogP contribution >= 0.6 is 0 Å². The minimum absolute atomic E-state index is 0.315. The molecule has 0 radical (unpaired) electrons. The summed E-state index contributed by atoms with van der Waals surface area (Å²) in [5.41, 5.74) is 3.57. The van der Waals surface area contributed by atoms with Gasteiger partial charge in [-0.05, 0) is 51.3 Å². The molecule has 4 aromatic rings. The van der Waals surface area contributed by atoms with E-state index in [2.05, 4.69) is 20.9 Å². The fourth-order valence-electron chi connectivity index (χ4n) is 4.18. The van der Waals surface area contributed by atoms with Crippen LogP contribution in [0.4, 0.5) is 4.79 Å². The van der Waals surface area contributed by atoms with E-state index in [1.807, 2.05) is 69.4 Å². The maximum atomic E-state index is 11.9. The second-order valence-corrected chi connectivity index (χ2v) is 10.1. The van der Waals surface area contributed by atoms with E-state index in [1.54, 1.807) is 7.11 Å². The van der Waals surface area contributed by atoms with Crippen LogP contribution in [0, 0.1) is 0 Å². The normalized spacial score (nSPS) is 11.7. The van der Waals surface area contributed by atoms with Gasteiger partial charge in [0.05, 0.1) is 30.4 Å². The first kappa shape index (κ1) is 26.4. The number of imidazole rings is 1. The summed E-state index contributed by atoms with van der Waals surface area (Å²) in [5.74, 6) is 1.74. The van der Waals surface area contributed by atoms with Gasteiger partial charge in [-0.15, -0.1) is 0 Å². The number of carbonyl (C=O) groups excluding carboxylic acids is 1. The third-order valence-electron chi connectivity index (χ3n) is 5.89. The molecular weight excluding hydrogens is 468 g/mol. The van der Waals surface area contributed by atoms with Crippen molar-refractivity contribution in [3.63, 3.8) is 0 Å². The Bertz CT molecular complexity index is 1330. The maximum Gasteiger partial charge on any atom is 0.407 e. The molecule has 0 fully saturated rings. The second-order valence-electron chi connectivity index (χ2n) is 10.1. The van der Waals surface area contributed by atoms with Crippen LogP contribution in [0.3, 0.4) is 0 Å². The number of nitrogens with one attached hydrogen (secondary N) is 1. The zero-order valence-corrected chi connectivity index (χ0v) is 22.1. The Morgan fingerprint density at radius 1 is 1.03 bits per heavy atom. The number of hydrogen-bond acceptors (Lipinski definition) is 6. The van der Waals surface area contributed by atoms with Crippen molar-refractivity contribution in [1.29, 1.82) is 0 Å². The fourth-order valence-corrected chi connectivity index (χ4v) is 4.18. The number of benzene rings is 2. The monoisotopic (exact) mass is 504 g/mol. The van der Waals surface area contributed by atoms with Crippen LogP contribution in [-0.4, -0.2) is 46.5 Å². The number of alkyl carbamates (subject to hydrolysis) is 1. The number of methoxy groups -OCH3 is 1. The molecule has 0 unspecified atom stereocenters. The highest BCUT2D eigenvalue weighted by Crippen LogP contribution is 2.28. The minimum atomic E-state index is -0.385. The van der Waals surface area contributed by atoms with E-state index in [1.165, 1.54) is 0 Å². The molecule has 0 bridgehead atoms. The van der Waals surface area contributed by atoms with Gasteiger partial charge in [-0.3, -0.25) is 4.98 Å². The van der Waals surface area contributed by atoms with Crippen molar-refractivity contribution in [2.75, 3.05) is 20.3 Å². The van der Waals surface area contributed by atoms with Gasteiger partial charge in [0.1, 0.15) is 23.7 Å². The first-order valence-corrected chi connectivity index (χ1v) is 12.7. The van der Waals surface area contributed by atoms with Crippen LogP contribution in [-0.2, 0) is 29.0 Å². The molecule has 8 heteroatoms. The molecule has 0 aliphatic carbocycles. The number of rotatable bonds is 11. The van der Waals surface area contributed by atoms with Gasteiger partial charge in [-0.25, -0.2) is 9.78 Å². The molecule has 0 aliphatic heterocycles. The zero-order chi connectivity index (χ0) is 26.3. The molecule has 37 heavy (non-hydrogen) atoms. The highest BCUT2D eigenvalue weighted by molar-refractivity contribution is 6.02. The average Bonchev–Trinajstić information content (AvgIpc) is 3.23. The molecule has 0 saturated carbocycles. The predicted molar refractivity (Wildman–Crippen MR) is 145 cm³/mol. The molecule has 1 N–H and O–H groups in total. The zero-order valence-electron chi connectivity index (χ0n) is 22.1. The van der Waals surface area contributed by atoms with Crippen molar-refractivity contribution in [1.82, 2.24) is 19.9 Å². The number of aromatic nitrogens is 3. The lowest BCUT2D eigenvalue weighted by Gasteiger charge is -2.20. The Balaban J connectivity index is 1.50. The number of hydrogen-bond donors (Lipinski definition) is 1. The van der Waals surface area contributed by atoms with E-state index in [4.69, 9.17) is 19.2 Å². The Labute approximate surface area is 218 Å². The molecule has 8 nitrogen and oxygen atoms in total. The summed E-state index contributed by atoms with van der Waals surface area (Å²) < 4.78 is 18.9. The topological polar surface area (TPSA) is 87.5 Å². The largest absolute Gasteiger partial charge is 0.489 e. The average molecular weight is 505 g/mol. The van der Waals surface area contributed by atoms with E-state index >= 15 is 0 Å². The molecule has 1 amide bonds. The summed E-state index contributed by atoms with van der Waals surface area (Å²) in [4.78, 5) is 21.4. The SMILES string of the molecule is COCCc1nc2cnc3cc(OCc4ccccc4)ccc3c2n1CCCCOC(=O)NC(C)(C)C. The lowest BCUT2D eigenvalue weighted by atomic mass is 10.1. The van der Waals surface area contributed by atoms with Gasteiger partial charge in [0, 0.05) is 37.1 Å². The van der Waals surface area contributed by atoms with Crippen LogP contribution < -0.4 is 10.1 Å². The molecule has 2 heterocycles. The molecule has 4 rings (SSSR count). The van der Waals surface area contributed by atoms with Crippen molar-refractivity contribution < 1.29 is 19.0 Å². The highest BCUT2D eigenvalue weighted by atomic mass is 16.5. The Morgan fingerprint density at radius 2 is 1.84 bits per heavy atom. The Morgan fingerprint density at radius 3 is 2.59 bits per heavy atom. The number of unbranched alkanes of at least 4 members (excludes halogenated alkanes) is 1. The van der Waals surface area contributed by atoms with Crippen LogP contribution in [0.1, 0.15) is 45.0 Å². The van der Waals surface area contributed by atoms with Crippen LogP contribution in [0.15, 0.2) is 54.7 Å². The van der Waals surface area contributed by atoms with Crippen molar-refractivity contribution in [3.05, 3.63) is 66.1 Å². The molecule has 0 saturated heterocycles. The lowest BCUT2D eigenvalue weighted by Crippen LogP contribution is -2.41. The number of fused-ring (bicyclic) bond motifs is 3.